The van der Waals surface area contributed by atoms with Crippen LogP contribution < -0.4 is 0 Å². The number of hydrogen-bond donors (Lipinski definition) is 0. The van der Waals surface area contributed by atoms with Crippen molar-refractivity contribution in [1.29, 1.82) is 0 Å². The van der Waals surface area contributed by atoms with Crippen molar-refractivity contribution in [2.24, 2.45) is 0 Å². The zero-order valence-electron chi connectivity index (χ0n) is 7.21. The molecule has 0 saturated heterocycles. The first kappa shape index (κ1) is 8.75. The van der Waals surface area contributed by atoms with E-state index in [9.17, 15) is 9.18 Å². The SMILES string of the molecule is CC(=O)C1CSc2cccc(F)c21. The van der Waals surface area contributed by atoms with Crippen LogP contribution >= 0.6 is 11.8 Å². The van der Waals surface area contributed by atoms with Gasteiger partial charge in [-0.1, -0.05) is 6.07 Å². The smallest absolute Gasteiger partial charge is 0.138 e. The largest absolute Gasteiger partial charge is 0.299 e. The van der Waals surface area contributed by atoms with Gasteiger partial charge in [0.15, 0.2) is 0 Å². The van der Waals surface area contributed by atoms with Crippen molar-refractivity contribution in [3.05, 3.63) is 29.6 Å². The number of benzene rings is 1. The summed E-state index contributed by atoms with van der Waals surface area (Å²) in [6.45, 7) is 1.52. The highest BCUT2D eigenvalue weighted by Crippen LogP contribution is 2.41. The Labute approximate surface area is 80.3 Å². The minimum Gasteiger partial charge on any atom is -0.299 e. The molecule has 0 N–H and O–H groups in total. The number of carbonyl (C=O) groups excluding carboxylic acids is 1. The molecule has 1 aliphatic rings. The number of Topliss-reactive ketones (excluding diaryl/α,β-unsaturated/α-hetero) is 1. The first-order valence-corrected chi connectivity index (χ1v) is 5.10. The van der Waals surface area contributed by atoms with Crippen molar-refractivity contribution in [3.8, 4) is 0 Å². The summed E-state index contributed by atoms with van der Waals surface area (Å²) in [5, 5.41) is 0. The van der Waals surface area contributed by atoms with Gasteiger partial charge in [0.05, 0.1) is 5.92 Å². The van der Waals surface area contributed by atoms with Gasteiger partial charge in [0, 0.05) is 16.2 Å². The lowest BCUT2D eigenvalue weighted by atomic mass is 9.97. The van der Waals surface area contributed by atoms with E-state index in [2.05, 4.69) is 0 Å². The van der Waals surface area contributed by atoms with E-state index in [0.29, 0.717) is 11.3 Å². The zero-order chi connectivity index (χ0) is 9.42. The number of rotatable bonds is 1. The number of carbonyl (C=O) groups is 1. The van der Waals surface area contributed by atoms with Gasteiger partial charge >= 0.3 is 0 Å². The fraction of sp³-hybridized carbons (Fsp3) is 0.300. The topological polar surface area (TPSA) is 17.1 Å². The summed E-state index contributed by atoms with van der Waals surface area (Å²) in [6.07, 6.45) is 0. The summed E-state index contributed by atoms with van der Waals surface area (Å²) in [5.41, 5.74) is 0.597. The molecule has 0 amide bonds. The lowest BCUT2D eigenvalue weighted by Gasteiger charge is -2.06. The van der Waals surface area contributed by atoms with Crippen molar-refractivity contribution >= 4 is 17.5 Å². The molecule has 1 aliphatic heterocycles. The van der Waals surface area contributed by atoms with E-state index in [1.165, 1.54) is 13.0 Å². The Balaban J connectivity index is 2.52. The van der Waals surface area contributed by atoms with Crippen molar-refractivity contribution in [2.45, 2.75) is 17.7 Å². The van der Waals surface area contributed by atoms with Crippen molar-refractivity contribution in [1.82, 2.24) is 0 Å². The maximum absolute atomic E-state index is 13.3. The molecule has 1 aromatic carbocycles. The molecule has 1 aromatic rings. The van der Waals surface area contributed by atoms with Gasteiger partial charge in [-0.3, -0.25) is 4.79 Å². The fourth-order valence-electron chi connectivity index (χ4n) is 1.56. The van der Waals surface area contributed by atoms with Crippen LogP contribution in [0.1, 0.15) is 18.4 Å². The Morgan fingerprint density at radius 3 is 3.08 bits per heavy atom. The molecule has 0 fully saturated rings. The van der Waals surface area contributed by atoms with E-state index in [4.69, 9.17) is 0 Å². The Morgan fingerprint density at radius 2 is 2.38 bits per heavy atom. The molecule has 0 aromatic heterocycles. The molecule has 2 rings (SSSR count). The van der Waals surface area contributed by atoms with Crippen molar-refractivity contribution in [2.75, 3.05) is 5.75 Å². The predicted molar refractivity (Wildman–Crippen MR) is 50.5 cm³/mol. The molecule has 0 radical (unpaired) electrons. The van der Waals surface area contributed by atoms with E-state index in [-0.39, 0.29) is 17.5 Å². The lowest BCUT2D eigenvalue weighted by molar-refractivity contribution is -0.118. The molecule has 3 heteroatoms. The average molecular weight is 196 g/mol. The second kappa shape index (κ2) is 3.14. The molecule has 1 nitrogen and oxygen atoms in total. The van der Waals surface area contributed by atoms with E-state index < -0.39 is 0 Å². The van der Waals surface area contributed by atoms with Gasteiger partial charge in [-0.05, 0) is 19.1 Å². The lowest BCUT2D eigenvalue weighted by Crippen LogP contribution is -2.09. The van der Waals surface area contributed by atoms with Crippen LogP contribution in [0.15, 0.2) is 23.1 Å². The van der Waals surface area contributed by atoms with Gasteiger partial charge in [-0.2, -0.15) is 0 Å². The Morgan fingerprint density at radius 1 is 1.62 bits per heavy atom. The average Bonchev–Trinajstić information content (AvgIpc) is 2.49. The van der Waals surface area contributed by atoms with E-state index >= 15 is 0 Å². The first-order chi connectivity index (χ1) is 6.20. The Hall–Kier alpha value is -0.830. The van der Waals surface area contributed by atoms with Gasteiger partial charge in [-0.15, -0.1) is 11.8 Å². The third kappa shape index (κ3) is 1.37. The highest BCUT2D eigenvalue weighted by atomic mass is 32.2. The molecular formula is C10H9FOS. The van der Waals surface area contributed by atoms with Crippen molar-refractivity contribution < 1.29 is 9.18 Å². The quantitative estimate of drug-likeness (QED) is 0.686. The van der Waals surface area contributed by atoms with E-state index in [1.54, 1.807) is 17.8 Å². The van der Waals surface area contributed by atoms with Crippen LogP contribution in [0.2, 0.25) is 0 Å². The van der Waals surface area contributed by atoms with Crippen LogP contribution in [0.25, 0.3) is 0 Å². The third-order valence-electron chi connectivity index (χ3n) is 2.26. The fourth-order valence-corrected chi connectivity index (χ4v) is 2.88. The highest BCUT2D eigenvalue weighted by molar-refractivity contribution is 7.99. The monoisotopic (exact) mass is 196 g/mol. The maximum Gasteiger partial charge on any atom is 0.138 e. The third-order valence-corrected chi connectivity index (χ3v) is 3.42. The second-order valence-electron chi connectivity index (χ2n) is 3.13. The number of thioether (sulfide) groups is 1. The molecule has 1 heterocycles. The number of hydrogen-bond acceptors (Lipinski definition) is 2. The van der Waals surface area contributed by atoms with Gasteiger partial charge in [-0.25, -0.2) is 4.39 Å². The molecule has 0 bridgehead atoms. The molecule has 1 atom stereocenters. The van der Waals surface area contributed by atoms with Crippen molar-refractivity contribution in [3.63, 3.8) is 0 Å². The normalized spacial score (nSPS) is 20.0. The summed E-state index contributed by atoms with van der Waals surface area (Å²) in [7, 11) is 0. The molecule has 13 heavy (non-hydrogen) atoms. The van der Waals surface area contributed by atoms with Crippen LogP contribution in [0.3, 0.4) is 0 Å². The Bertz CT molecular complexity index is 362. The number of fused-ring (bicyclic) bond motifs is 1. The molecular weight excluding hydrogens is 187 g/mol. The summed E-state index contributed by atoms with van der Waals surface area (Å²) >= 11 is 1.56. The van der Waals surface area contributed by atoms with Crippen LogP contribution in [0, 0.1) is 5.82 Å². The first-order valence-electron chi connectivity index (χ1n) is 4.12. The molecule has 0 spiro atoms. The summed E-state index contributed by atoms with van der Waals surface area (Å²) < 4.78 is 13.3. The van der Waals surface area contributed by atoms with Crippen LogP contribution in [-0.4, -0.2) is 11.5 Å². The standard InChI is InChI=1S/C10H9FOS/c1-6(12)7-5-13-9-4-2-3-8(11)10(7)9/h2-4,7H,5H2,1H3. The molecule has 68 valence electrons. The maximum atomic E-state index is 13.3. The number of ketones is 1. The number of halogens is 1. The van der Waals surface area contributed by atoms with Crippen LogP contribution in [0.4, 0.5) is 4.39 Å². The minimum atomic E-state index is -0.247. The second-order valence-corrected chi connectivity index (χ2v) is 4.19. The summed E-state index contributed by atoms with van der Waals surface area (Å²) in [6, 6.07) is 4.97. The molecule has 0 saturated carbocycles. The van der Waals surface area contributed by atoms with Crippen LogP contribution in [-0.2, 0) is 4.79 Å². The molecule has 1 unspecified atom stereocenters. The zero-order valence-corrected chi connectivity index (χ0v) is 8.03. The van der Waals surface area contributed by atoms with Gasteiger partial charge in [0.1, 0.15) is 11.6 Å². The van der Waals surface area contributed by atoms with E-state index in [1.807, 2.05) is 6.07 Å². The minimum absolute atomic E-state index is 0.0522. The summed E-state index contributed by atoms with van der Waals surface area (Å²) in [4.78, 5) is 12.1. The highest BCUT2D eigenvalue weighted by Gasteiger charge is 2.29. The van der Waals surface area contributed by atoms with Gasteiger partial charge in [0.25, 0.3) is 0 Å². The Kier molecular flexibility index (Phi) is 2.12. The van der Waals surface area contributed by atoms with Gasteiger partial charge < -0.3 is 0 Å². The predicted octanol–water partition coefficient (Wildman–Crippen LogP) is 2.60. The van der Waals surface area contributed by atoms with E-state index in [0.717, 1.165) is 4.90 Å². The van der Waals surface area contributed by atoms with Gasteiger partial charge in [0.2, 0.25) is 0 Å². The molecule has 0 aliphatic carbocycles. The summed E-state index contributed by atoms with van der Waals surface area (Å²) in [5.74, 6) is 0.256. The van der Waals surface area contributed by atoms with Crippen LogP contribution in [0.5, 0.6) is 0 Å².